The first-order valence-corrected chi connectivity index (χ1v) is 29.2. The number of benzene rings is 3. The second kappa shape index (κ2) is 26.0. The Kier molecular flexibility index (Phi) is 18.7. The highest BCUT2D eigenvalue weighted by Crippen LogP contribution is 2.40. The number of nitrogens with two attached hydrogens (primary N) is 1. The van der Waals surface area contributed by atoms with Crippen LogP contribution in [-0.4, -0.2) is 153 Å². The van der Waals surface area contributed by atoms with Gasteiger partial charge < -0.3 is 50.9 Å². The van der Waals surface area contributed by atoms with Crippen molar-refractivity contribution in [1.82, 2.24) is 40.5 Å². The van der Waals surface area contributed by atoms with Crippen LogP contribution in [0.2, 0.25) is 0 Å². The number of β-amino-alcohol motifs (C(OH)–C–C–N with tert-alkyl or cyclic N) is 1. The summed E-state index contributed by atoms with van der Waals surface area (Å²) in [5.41, 5.74) is 13.7. The van der Waals surface area contributed by atoms with Gasteiger partial charge in [-0.15, -0.1) is 21.5 Å². The van der Waals surface area contributed by atoms with Gasteiger partial charge >= 0.3 is 0 Å². The molecule has 9 rings (SSSR count). The van der Waals surface area contributed by atoms with E-state index in [1.54, 1.807) is 23.5 Å². The lowest BCUT2D eigenvalue weighted by atomic mass is 9.85. The highest BCUT2D eigenvalue weighted by atomic mass is 32.1. The molecule has 3 aromatic carbocycles. The molecule has 3 unspecified atom stereocenters. The maximum atomic E-state index is 14.1. The number of carbonyl (C=O) groups excluding carboxylic acids is 4. The maximum Gasteiger partial charge on any atom is 0.246 e. The summed E-state index contributed by atoms with van der Waals surface area (Å²) >= 11 is 1.58. The number of amides is 4. The molecule has 0 aliphatic carbocycles. The van der Waals surface area contributed by atoms with E-state index in [1.807, 2.05) is 86.6 Å². The summed E-state index contributed by atoms with van der Waals surface area (Å²) in [5, 5.41) is 35.6. The number of para-hydroxylation sites is 1. The van der Waals surface area contributed by atoms with Crippen molar-refractivity contribution in [2.24, 2.45) is 5.41 Å². The number of piperazine rings is 2. The molecule has 18 nitrogen and oxygen atoms in total. The highest BCUT2D eigenvalue weighted by molar-refractivity contribution is 7.13. The number of phenols is 1. The minimum atomic E-state index is -0.865. The van der Waals surface area contributed by atoms with Crippen LogP contribution in [0.25, 0.3) is 21.7 Å². The molecule has 2 bridgehead atoms. The lowest BCUT2D eigenvalue weighted by Crippen LogP contribution is -2.57. The average molecular weight is 1100 g/mol. The normalized spacial score (nSPS) is 19.9. The number of thiazole rings is 1. The van der Waals surface area contributed by atoms with Crippen molar-refractivity contribution < 1.29 is 34.1 Å². The minimum Gasteiger partial charge on any atom is -0.507 e. The molecular weight excluding hydrogens is 1020 g/mol. The average Bonchev–Trinajstić information content (AvgIpc) is 4.34. The van der Waals surface area contributed by atoms with Crippen molar-refractivity contribution in [2.75, 3.05) is 74.5 Å². The zero-order valence-corrected chi connectivity index (χ0v) is 47.1. The van der Waals surface area contributed by atoms with E-state index in [-0.39, 0.29) is 55.3 Å². The molecule has 422 valence electrons. The number of unbranched alkanes of at least 4 members (excludes halogenated alkanes) is 5. The molecule has 4 saturated heterocycles. The monoisotopic (exact) mass is 1100 g/mol. The zero-order chi connectivity index (χ0) is 55.6. The number of nitrogen functional groups attached to an aromatic ring is 1. The van der Waals surface area contributed by atoms with E-state index in [0.717, 1.165) is 116 Å². The van der Waals surface area contributed by atoms with Crippen molar-refractivity contribution in [3.05, 3.63) is 95.6 Å². The number of likely N-dealkylation sites (tertiary alicyclic amines) is 1. The van der Waals surface area contributed by atoms with Crippen LogP contribution in [0, 0.1) is 12.3 Å². The first kappa shape index (κ1) is 56.9. The fraction of sp³-hybridized carbons (Fsp3) is 0.517. The van der Waals surface area contributed by atoms with Gasteiger partial charge in [-0.1, -0.05) is 88.9 Å². The number of aromatic hydroxyl groups is 1. The Hall–Kier alpha value is -6.83. The molecule has 0 spiro atoms. The van der Waals surface area contributed by atoms with Gasteiger partial charge in [0.2, 0.25) is 23.6 Å². The van der Waals surface area contributed by atoms with Crippen LogP contribution >= 0.6 is 11.3 Å². The van der Waals surface area contributed by atoms with Crippen molar-refractivity contribution in [1.29, 1.82) is 0 Å². The molecule has 6 heterocycles. The Bertz CT molecular complexity index is 2870. The van der Waals surface area contributed by atoms with Gasteiger partial charge in [0.25, 0.3) is 0 Å². The van der Waals surface area contributed by atoms with Crippen molar-refractivity contribution in [3.63, 3.8) is 0 Å². The van der Waals surface area contributed by atoms with Gasteiger partial charge in [0.1, 0.15) is 30.2 Å². The lowest BCUT2D eigenvalue weighted by Gasteiger charge is -2.43. The number of ether oxygens (including phenoxy) is 1. The predicted molar refractivity (Wildman–Crippen MR) is 309 cm³/mol. The Morgan fingerprint density at radius 1 is 0.848 bits per heavy atom. The van der Waals surface area contributed by atoms with Crippen LogP contribution in [0.5, 0.6) is 11.5 Å². The van der Waals surface area contributed by atoms with Gasteiger partial charge in [-0.2, -0.15) is 0 Å². The minimum absolute atomic E-state index is 0.0253. The number of aliphatic hydroxyl groups excluding tert-OH is 1. The second-order valence-corrected chi connectivity index (χ2v) is 23.7. The number of hydrogen-bond acceptors (Lipinski definition) is 15. The fourth-order valence-electron chi connectivity index (χ4n) is 11.7. The molecule has 4 amide bonds. The van der Waals surface area contributed by atoms with Gasteiger partial charge in [0.15, 0.2) is 5.82 Å². The first-order chi connectivity index (χ1) is 38.1. The largest absolute Gasteiger partial charge is 0.507 e. The quantitative estimate of drug-likeness (QED) is 0.0434. The van der Waals surface area contributed by atoms with E-state index < -0.39 is 23.6 Å². The van der Waals surface area contributed by atoms with Crippen molar-refractivity contribution in [3.8, 4) is 33.2 Å². The number of carbonyl (C=O) groups is 4. The topological polar surface area (TPSA) is 223 Å². The molecule has 19 heteroatoms. The van der Waals surface area contributed by atoms with E-state index in [0.29, 0.717) is 61.7 Å². The fourth-order valence-corrected chi connectivity index (χ4v) is 12.5. The number of aromatic nitrogens is 3. The van der Waals surface area contributed by atoms with E-state index in [4.69, 9.17) is 10.5 Å². The van der Waals surface area contributed by atoms with E-state index in [1.165, 1.54) is 4.90 Å². The third kappa shape index (κ3) is 14.3. The molecule has 6 N–H and O–H groups in total. The number of aryl methyl sites for hydroxylation is 1. The van der Waals surface area contributed by atoms with Gasteiger partial charge in [-0.3, -0.25) is 24.1 Å². The number of anilines is 3. The summed E-state index contributed by atoms with van der Waals surface area (Å²) in [5.74, 6) is 0.686. The molecule has 79 heavy (non-hydrogen) atoms. The third-order valence-corrected chi connectivity index (χ3v) is 17.1. The predicted octanol–water partition coefficient (Wildman–Crippen LogP) is 7.17. The molecular formula is C60H79N11O7S. The molecule has 4 fully saturated rings. The molecule has 5 aromatic rings. The Labute approximate surface area is 468 Å². The number of nitrogens with zero attached hydrogens (tertiary/aromatic N) is 8. The summed E-state index contributed by atoms with van der Waals surface area (Å²) in [6, 6.07) is 24.3. The van der Waals surface area contributed by atoms with Crippen LogP contribution in [0.3, 0.4) is 0 Å². The van der Waals surface area contributed by atoms with Gasteiger partial charge in [0, 0.05) is 108 Å². The summed E-state index contributed by atoms with van der Waals surface area (Å²) in [6.45, 7) is 14.0. The van der Waals surface area contributed by atoms with Crippen LogP contribution in [-0.2, 0) is 25.7 Å². The number of aliphatic hydroxyl groups is 1. The maximum absolute atomic E-state index is 14.1. The number of phenolic OH excluding ortho intramolecular Hbond substituents is 1. The number of fused-ring (bicyclic) bond motifs is 2. The van der Waals surface area contributed by atoms with Crippen LogP contribution in [0.4, 0.5) is 17.2 Å². The molecule has 5 atom stereocenters. The van der Waals surface area contributed by atoms with Crippen molar-refractivity contribution >= 4 is 52.2 Å². The lowest BCUT2D eigenvalue weighted by molar-refractivity contribution is -0.144. The number of hydrogen-bond donors (Lipinski definition) is 5. The zero-order valence-electron chi connectivity index (χ0n) is 46.3. The second-order valence-electron chi connectivity index (χ2n) is 22.8. The van der Waals surface area contributed by atoms with Crippen LogP contribution in [0.1, 0.15) is 103 Å². The SMILES string of the molecule is Cc1ncsc1-c1ccc(CNC(=O)[C@@H]2C[C@@H](O)CN2C(=O)C(NC(=O)CCCCCCCCC(=O)N2CCN(CCOc3cccc(N4C5CCC4CN(c4cc(-c6ccccc6O)nnc4N)C5)c3)CC2)C(C)(C)C)cc1. The van der Waals surface area contributed by atoms with E-state index in [9.17, 15) is 29.4 Å². The van der Waals surface area contributed by atoms with Gasteiger partial charge in [-0.25, -0.2) is 4.98 Å². The van der Waals surface area contributed by atoms with E-state index >= 15 is 0 Å². The summed E-state index contributed by atoms with van der Waals surface area (Å²) in [6.07, 6.45) is 7.54. The number of nitrogens with one attached hydrogen (secondary N) is 2. The van der Waals surface area contributed by atoms with Gasteiger partial charge in [0.05, 0.1) is 33.6 Å². The Morgan fingerprint density at radius 2 is 1.56 bits per heavy atom. The molecule has 4 aliphatic rings. The van der Waals surface area contributed by atoms with Gasteiger partial charge in [-0.05, 0) is 79.5 Å². The smallest absolute Gasteiger partial charge is 0.246 e. The third-order valence-electron chi connectivity index (χ3n) is 16.1. The van der Waals surface area contributed by atoms with Crippen LogP contribution in [0.15, 0.2) is 84.4 Å². The summed E-state index contributed by atoms with van der Waals surface area (Å²) < 4.78 is 6.32. The Morgan fingerprint density at radius 3 is 2.25 bits per heavy atom. The summed E-state index contributed by atoms with van der Waals surface area (Å²) in [4.78, 5) is 70.0. The molecule has 4 aliphatic heterocycles. The standard InChI is InChI=1S/C60H79N11O7S/c1-40-55(79-39-63-40)42-22-20-41(21-23-42)35-62-58(76)51-33-46(72)38-70(51)59(77)56(60(2,3)4)64-53(74)18-9-7-5-6-8-10-19-54(75)68-28-26-67(27-29-68)30-31-78-47-15-13-14-43(32-47)71-44-24-25-45(71)37-69(36-44)50-34-49(65-66-57(50)61)48-16-11-12-17-52(48)73/h11-17,20-23,32,34,39,44-46,51,56,72-73H,5-10,18-19,24-31,33,35-38H2,1-4H3,(H2,61,66)(H,62,76)(H,64,74)/t44?,45?,46-,51+,56?/m1/s1. The summed E-state index contributed by atoms with van der Waals surface area (Å²) in [7, 11) is 0. The van der Waals surface area contributed by atoms with Crippen LogP contribution < -0.4 is 30.9 Å². The first-order valence-electron chi connectivity index (χ1n) is 28.3. The molecule has 0 saturated carbocycles. The van der Waals surface area contributed by atoms with Crippen molar-refractivity contribution in [2.45, 2.75) is 135 Å². The Balaban J connectivity index is 0.628. The highest BCUT2D eigenvalue weighted by Gasteiger charge is 2.45. The van der Waals surface area contributed by atoms with E-state index in [2.05, 4.69) is 58.7 Å². The molecule has 2 aromatic heterocycles. The molecule has 0 radical (unpaired) electrons. The number of rotatable bonds is 22.